The number of pyridine rings is 3. The minimum absolute atomic E-state index is 0.104. The zero-order valence-corrected chi connectivity index (χ0v) is 23.1. The van der Waals surface area contributed by atoms with Crippen LogP contribution in [0.25, 0.3) is 49.5 Å². The largest absolute Gasteiger partial charge is 0.360 e. The maximum Gasteiger partial charge on any atom is 0.263 e. The lowest BCUT2D eigenvalue weighted by molar-refractivity contribution is 0.774. The minimum Gasteiger partial charge on any atom is -0.360 e. The molecule has 0 radical (unpaired) electrons. The normalized spacial score (nSPS) is 12.0. The van der Waals surface area contributed by atoms with Crippen LogP contribution >= 0.6 is 0 Å². The highest BCUT2D eigenvalue weighted by Gasteiger charge is 2.20. The third-order valence-electron chi connectivity index (χ3n) is 7.47. The summed E-state index contributed by atoms with van der Waals surface area (Å²) in [4.78, 5) is 32.9. The molecule has 8 nitrogen and oxygen atoms in total. The summed E-state index contributed by atoms with van der Waals surface area (Å²) >= 11 is 0. The molecule has 0 amide bonds. The Kier molecular flexibility index (Phi) is 6.28. The van der Waals surface area contributed by atoms with Crippen molar-refractivity contribution >= 4 is 44.5 Å². The monoisotopic (exact) mass is 549 g/mol. The van der Waals surface area contributed by atoms with E-state index in [2.05, 4.69) is 42.7 Å². The Morgan fingerprint density at radius 1 is 0.786 bits per heavy atom. The van der Waals surface area contributed by atoms with Crippen LogP contribution in [-0.4, -0.2) is 31.6 Å². The number of para-hydroxylation sites is 2. The van der Waals surface area contributed by atoms with Crippen LogP contribution in [0.4, 0.5) is 11.8 Å². The molecule has 42 heavy (non-hydrogen) atoms. The first-order chi connectivity index (χ1) is 20.6. The van der Waals surface area contributed by atoms with Gasteiger partial charge in [0.15, 0.2) is 5.82 Å². The molecule has 0 aliphatic heterocycles. The number of aromatic nitrogens is 5. The van der Waals surface area contributed by atoms with Crippen LogP contribution < -0.4 is 16.2 Å². The van der Waals surface area contributed by atoms with E-state index in [1.807, 2.05) is 98.0 Å². The van der Waals surface area contributed by atoms with Crippen LogP contribution in [0, 0.1) is 0 Å². The summed E-state index contributed by atoms with van der Waals surface area (Å²) in [5.74, 6) is 1.07. The molecule has 204 valence electrons. The molecule has 0 unspecified atom stereocenters. The predicted molar refractivity (Wildman–Crippen MR) is 169 cm³/mol. The number of hydrogen-bond donors (Lipinski definition) is 2. The zero-order valence-electron chi connectivity index (χ0n) is 23.1. The first-order valence-corrected chi connectivity index (χ1v) is 13.8. The summed E-state index contributed by atoms with van der Waals surface area (Å²) in [5.41, 5.74) is 5.50. The van der Waals surface area contributed by atoms with E-state index in [0.717, 1.165) is 44.3 Å². The lowest BCUT2D eigenvalue weighted by atomic mass is 9.98. The average molecular weight is 550 g/mol. The Bertz CT molecular complexity index is 2160. The van der Waals surface area contributed by atoms with Crippen molar-refractivity contribution in [3.05, 3.63) is 126 Å². The molecule has 0 aliphatic carbocycles. The molecule has 7 aromatic rings. The van der Waals surface area contributed by atoms with E-state index in [9.17, 15) is 4.79 Å². The summed E-state index contributed by atoms with van der Waals surface area (Å²) in [6.07, 6.45) is 3.56. The summed E-state index contributed by atoms with van der Waals surface area (Å²) in [5, 5.41) is 9.06. The molecule has 0 spiro atoms. The summed E-state index contributed by atoms with van der Waals surface area (Å²) < 4.78 is 1.79. The van der Waals surface area contributed by atoms with E-state index < -0.39 is 0 Å². The number of hydrogen-bond acceptors (Lipinski definition) is 7. The highest BCUT2D eigenvalue weighted by Crippen LogP contribution is 2.32. The van der Waals surface area contributed by atoms with Gasteiger partial charge in [0.05, 0.1) is 22.5 Å². The molecule has 0 saturated heterocycles. The van der Waals surface area contributed by atoms with E-state index in [0.29, 0.717) is 22.7 Å². The summed E-state index contributed by atoms with van der Waals surface area (Å²) in [6.45, 7) is 2.02. The molecule has 3 aromatic carbocycles. The van der Waals surface area contributed by atoms with Gasteiger partial charge in [0.1, 0.15) is 5.52 Å². The molecule has 0 fully saturated rings. The number of nitrogens with one attached hydrogen (secondary N) is 2. The number of benzene rings is 3. The van der Waals surface area contributed by atoms with Crippen LogP contribution in [-0.2, 0) is 0 Å². The Hall–Kier alpha value is -5.63. The van der Waals surface area contributed by atoms with E-state index in [-0.39, 0.29) is 11.6 Å². The smallest absolute Gasteiger partial charge is 0.263 e. The molecule has 4 heterocycles. The van der Waals surface area contributed by atoms with Crippen molar-refractivity contribution in [3.63, 3.8) is 0 Å². The first kappa shape index (κ1) is 25.3. The number of fused-ring (bicyclic) bond motifs is 3. The topological polar surface area (TPSA) is 97.6 Å². The minimum atomic E-state index is -0.307. The van der Waals surface area contributed by atoms with Crippen LogP contribution in [0.5, 0.6) is 0 Å². The van der Waals surface area contributed by atoms with Gasteiger partial charge in [-0.15, -0.1) is 0 Å². The maximum atomic E-state index is 14.5. The fourth-order valence-corrected chi connectivity index (χ4v) is 5.46. The van der Waals surface area contributed by atoms with Crippen molar-refractivity contribution in [2.24, 2.45) is 0 Å². The number of rotatable bonds is 6. The van der Waals surface area contributed by atoms with Gasteiger partial charge < -0.3 is 10.6 Å². The van der Waals surface area contributed by atoms with Gasteiger partial charge in [0.25, 0.3) is 5.56 Å². The van der Waals surface area contributed by atoms with Crippen molar-refractivity contribution in [2.45, 2.75) is 13.0 Å². The predicted octanol–water partition coefficient (Wildman–Crippen LogP) is 6.76. The fraction of sp³-hybridized carbons (Fsp3) is 0.0882. The third kappa shape index (κ3) is 4.39. The Balaban J connectivity index is 1.43. The molecule has 1 atom stereocenters. The zero-order chi connectivity index (χ0) is 28.6. The summed E-state index contributed by atoms with van der Waals surface area (Å²) in [7, 11) is 1.78. The standard InChI is InChI=1S/C34H27N7O/c1-21(38-32-31-28(16-9-17-36-31)39-34(35-2)40-32)29-19-23-11-8-14-26(24-18-22-10-6-7-15-27(22)37-20-24)30(23)33(42)41(29)25-12-4-3-5-13-25/h3-21H,1-2H3,(H2,35,38,39,40)/t21-/m0/s1. The van der Waals surface area contributed by atoms with Crippen LogP contribution in [0.15, 0.2) is 114 Å². The van der Waals surface area contributed by atoms with Crippen molar-refractivity contribution in [2.75, 3.05) is 17.7 Å². The van der Waals surface area contributed by atoms with Gasteiger partial charge in [-0.05, 0) is 60.3 Å². The lowest BCUT2D eigenvalue weighted by Crippen LogP contribution is -2.26. The Labute approximate surface area is 241 Å². The third-order valence-corrected chi connectivity index (χ3v) is 7.47. The molecular formula is C34H27N7O. The molecule has 0 aliphatic rings. The van der Waals surface area contributed by atoms with E-state index in [4.69, 9.17) is 0 Å². The Morgan fingerprint density at radius 3 is 2.43 bits per heavy atom. The highest BCUT2D eigenvalue weighted by atomic mass is 16.1. The summed E-state index contributed by atoms with van der Waals surface area (Å²) in [6, 6.07) is 31.3. The van der Waals surface area contributed by atoms with Crippen LogP contribution in [0.2, 0.25) is 0 Å². The molecule has 8 heteroatoms. The van der Waals surface area contributed by atoms with Crippen molar-refractivity contribution < 1.29 is 0 Å². The highest BCUT2D eigenvalue weighted by molar-refractivity contribution is 5.98. The van der Waals surface area contributed by atoms with Crippen molar-refractivity contribution in [3.8, 4) is 16.8 Å². The molecule has 2 N–H and O–H groups in total. The average Bonchev–Trinajstić information content (AvgIpc) is 3.04. The van der Waals surface area contributed by atoms with Crippen molar-refractivity contribution in [1.82, 2.24) is 24.5 Å². The van der Waals surface area contributed by atoms with Gasteiger partial charge in [0, 0.05) is 41.8 Å². The molecule has 7 rings (SSSR count). The fourth-order valence-electron chi connectivity index (χ4n) is 5.46. The SMILES string of the molecule is CNc1nc(N[C@@H](C)c2cc3cccc(-c4cnc5ccccc5c4)c3c(=O)n2-c2ccccc2)c2ncccc2n1. The van der Waals surface area contributed by atoms with Gasteiger partial charge in [-0.25, -0.2) is 4.98 Å². The van der Waals surface area contributed by atoms with Gasteiger partial charge in [-0.3, -0.25) is 19.3 Å². The van der Waals surface area contributed by atoms with Gasteiger partial charge >= 0.3 is 0 Å². The van der Waals surface area contributed by atoms with Gasteiger partial charge in [-0.2, -0.15) is 4.98 Å². The van der Waals surface area contributed by atoms with E-state index in [1.165, 1.54) is 0 Å². The van der Waals surface area contributed by atoms with Gasteiger partial charge in [-0.1, -0.05) is 54.6 Å². The second-order valence-corrected chi connectivity index (χ2v) is 10.1. The lowest BCUT2D eigenvalue weighted by Gasteiger charge is -2.22. The second kappa shape index (κ2) is 10.4. The van der Waals surface area contributed by atoms with Gasteiger partial charge in [0.2, 0.25) is 5.95 Å². The first-order valence-electron chi connectivity index (χ1n) is 13.8. The Morgan fingerprint density at radius 2 is 1.57 bits per heavy atom. The van der Waals surface area contributed by atoms with Crippen LogP contribution in [0.1, 0.15) is 18.7 Å². The molecular weight excluding hydrogens is 522 g/mol. The molecule has 4 aromatic heterocycles. The van der Waals surface area contributed by atoms with E-state index >= 15 is 0 Å². The van der Waals surface area contributed by atoms with Crippen molar-refractivity contribution in [1.29, 1.82) is 0 Å². The van der Waals surface area contributed by atoms with E-state index in [1.54, 1.807) is 17.8 Å². The second-order valence-electron chi connectivity index (χ2n) is 10.1. The maximum absolute atomic E-state index is 14.5. The molecule has 0 bridgehead atoms. The quantitative estimate of drug-likeness (QED) is 0.237. The molecule has 0 saturated carbocycles. The number of nitrogens with zero attached hydrogens (tertiary/aromatic N) is 5. The van der Waals surface area contributed by atoms with Crippen LogP contribution in [0.3, 0.4) is 0 Å². The number of anilines is 2.